The Morgan fingerprint density at radius 2 is 2.00 bits per heavy atom. The average molecular weight is 284 g/mol. The van der Waals surface area contributed by atoms with Crippen LogP contribution in [0.4, 0.5) is 15.8 Å². The molecule has 0 bridgehead atoms. The van der Waals surface area contributed by atoms with Gasteiger partial charge in [-0.25, -0.2) is 9.18 Å². The van der Waals surface area contributed by atoms with Crippen LogP contribution in [0.1, 0.15) is 44.0 Å². The van der Waals surface area contributed by atoms with Crippen molar-refractivity contribution in [1.82, 2.24) is 0 Å². The van der Waals surface area contributed by atoms with Crippen molar-refractivity contribution < 1.29 is 19.2 Å². The van der Waals surface area contributed by atoms with Gasteiger partial charge in [0.15, 0.2) is 0 Å². The molecule has 0 radical (unpaired) electrons. The summed E-state index contributed by atoms with van der Waals surface area (Å²) in [6.45, 7) is 5.68. The Morgan fingerprint density at radius 3 is 2.40 bits per heavy atom. The first-order valence-corrected chi connectivity index (χ1v) is 6.23. The molecule has 0 aliphatic heterocycles. The van der Waals surface area contributed by atoms with Crippen molar-refractivity contribution in [2.24, 2.45) is 0 Å². The molecule has 0 aromatic heterocycles. The van der Waals surface area contributed by atoms with Gasteiger partial charge in [0.05, 0.1) is 16.6 Å². The molecule has 7 heteroatoms. The Bertz CT molecular complexity index is 541. The summed E-state index contributed by atoms with van der Waals surface area (Å²) in [6.07, 6.45) is 1.36. The molecule has 110 valence electrons. The molecule has 1 aromatic rings. The zero-order valence-corrected chi connectivity index (χ0v) is 11.6. The molecule has 0 fully saturated rings. The monoisotopic (exact) mass is 284 g/mol. The summed E-state index contributed by atoms with van der Waals surface area (Å²) in [4.78, 5) is 21.2. The topological polar surface area (TPSA) is 92.5 Å². The van der Waals surface area contributed by atoms with Crippen LogP contribution in [-0.4, -0.2) is 21.5 Å². The SMILES string of the molecule is CCC(C)(CC)Nc1cc(C(=O)O)c(F)cc1[N+](=O)[O-]. The number of hydrogen-bond donors (Lipinski definition) is 2. The van der Waals surface area contributed by atoms with Gasteiger partial charge >= 0.3 is 5.97 Å². The molecule has 1 aromatic carbocycles. The number of carboxylic acid groups (broad SMARTS) is 1. The summed E-state index contributed by atoms with van der Waals surface area (Å²) in [6, 6.07) is 1.61. The van der Waals surface area contributed by atoms with Crippen molar-refractivity contribution in [3.05, 3.63) is 33.6 Å². The smallest absolute Gasteiger partial charge is 0.338 e. The maximum atomic E-state index is 13.5. The van der Waals surface area contributed by atoms with Crippen molar-refractivity contribution in [1.29, 1.82) is 0 Å². The van der Waals surface area contributed by atoms with Gasteiger partial charge in [-0.2, -0.15) is 0 Å². The van der Waals surface area contributed by atoms with E-state index in [2.05, 4.69) is 5.32 Å². The zero-order chi connectivity index (χ0) is 15.5. The fraction of sp³-hybridized carbons (Fsp3) is 0.462. The van der Waals surface area contributed by atoms with E-state index in [1.807, 2.05) is 20.8 Å². The summed E-state index contributed by atoms with van der Waals surface area (Å²) in [5.74, 6) is -2.58. The maximum absolute atomic E-state index is 13.5. The van der Waals surface area contributed by atoms with Crippen LogP contribution in [-0.2, 0) is 0 Å². The molecule has 0 amide bonds. The fourth-order valence-corrected chi connectivity index (χ4v) is 1.73. The van der Waals surface area contributed by atoms with Crippen molar-refractivity contribution >= 4 is 17.3 Å². The molecule has 0 saturated carbocycles. The average Bonchev–Trinajstić information content (AvgIpc) is 2.39. The summed E-state index contributed by atoms with van der Waals surface area (Å²) < 4.78 is 13.5. The van der Waals surface area contributed by atoms with E-state index in [4.69, 9.17) is 5.11 Å². The second-order valence-corrected chi connectivity index (χ2v) is 4.80. The van der Waals surface area contributed by atoms with Crippen LogP contribution in [0.25, 0.3) is 0 Å². The van der Waals surface area contributed by atoms with Crippen LogP contribution in [0.5, 0.6) is 0 Å². The Kier molecular flexibility index (Phi) is 4.65. The highest BCUT2D eigenvalue weighted by molar-refractivity contribution is 5.90. The van der Waals surface area contributed by atoms with Gasteiger partial charge in [-0.05, 0) is 25.8 Å². The largest absolute Gasteiger partial charge is 0.478 e. The van der Waals surface area contributed by atoms with Gasteiger partial charge < -0.3 is 10.4 Å². The third-order valence-corrected chi connectivity index (χ3v) is 3.51. The third kappa shape index (κ3) is 3.23. The number of carbonyl (C=O) groups is 1. The Hall–Kier alpha value is -2.18. The van der Waals surface area contributed by atoms with E-state index in [0.717, 1.165) is 6.07 Å². The van der Waals surface area contributed by atoms with Crippen LogP contribution in [0.3, 0.4) is 0 Å². The maximum Gasteiger partial charge on any atom is 0.338 e. The number of carboxylic acids is 1. The quantitative estimate of drug-likeness (QED) is 0.616. The molecule has 0 atom stereocenters. The standard InChI is InChI=1S/C13H17FN2O4/c1-4-13(3,5-2)15-10-6-8(12(17)18)9(14)7-11(10)16(19)20/h6-7,15H,4-5H2,1-3H3,(H,17,18). The highest BCUT2D eigenvalue weighted by Crippen LogP contribution is 2.32. The number of nitro groups is 1. The first-order chi connectivity index (χ1) is 9.24. The summed E-state index contributed by atoms with van der Waals surface area (Å²) >= 11 is 0. The molecule has 0 heterocycles. The molecule has 6 nitrogen and oxygen atoms in total. The molecule has 0 aliphatic carbocycles. The minimum absolute atomic E-state index is 0.0139. The Morgan fingerprint density at radius 1 is 1.45 bits per heavy atom. The molecule has 0 spiro atoms. The molecule has 2 N–H and O–H groups in total. The lowest BCUT2D eigenvalue weighted by Gasteiger charge is -2.29. The van der Waals surface area contributed by atoms with Gasteiger partial charge in [-0.1, -0.05) is 13.8 Å². The lowest BCUT2D eigenvalue weighted by atomic mass is 9.94. The van der Waals surface area contributed by atoms with Gasteiger partial charge in [0.1, 0.15) is 11.5 Å². The van der Waals surface area contributed by atoms with E-state index in [9.17, 15) is 19.3 Å². The first kappa shape index (κ1) is 15.9. The number of rotatable bonds is 6. The van der Waals surface area contributed by atoms with Gasteiger partial charge in [0, 0.05) is 5.54 Å². The molecular weight excluding hydrogens is 267 g/mol. The zero-order valence-electron chi connectivity index (χ0n) is 11.6. The van der Waals surface area contributed by atoms with Gasteiger partial charge in [0.25, 0.3) is 5.69 Å². The van der Waals surface area contributed by atoms with E-state index in [-0.39, 0.29) is 5.69 Å². The van der Waals surface area contributed by atoms with E-state index >= 15 is 0 Å². The van der Waals surface area contributed by atoms with Crippen molar-refractivity contribution in [2.45, 2.75) is 39.2 Å². The highest BCUT2D eigenvalue weighted by atomic mass is 19.1. The van der Waals surface area contributed by atoms with Crippen LogP contribution in [0, 0.1) is 15.9 Å². The molecule has 0 saturated heterocycles. The number of nitrogens with one attached hydrogen (secondary N) is 1. The molecule has 0 aliphatic rings. The van der Waals surface area contributed by atoms with Gasteiger partial charge in [-0.3, -0.25) is 10.1 Å². The lowest BCUT2D eigenvalue weighted by Crippen LogP contribution is -2.33. The molecular formula is C13H17FN2O4. The molecule has 1 rings (SSSR count). The number of nitro benzene ring substituents is 1. The van der Waals surface area contributed by atoms with Crippen LogP contribution in [0.2, 0.25) is 0 Å². The van der Waals surface area contributed by atoms with E-state index < -0.39 is 33.5 Å². The molecule has 0 unspecified atom stereocenters. The number of halogens is 1. The van der Waals surface area contributed by atoms with Crippen LogP contribution < -0.4 is 5.32 Å². The minimum Gasteiger partial charge on any atom is -0.478 e. The normalized spacial score (nSPS) is 11.2. The number of hydrogen-bond acceptors (Lipinski definition) is 4. The summed E-state index contributed by atoms with van der Waals surface area (Å²) in [7, 11) is 0. The van der Waals surface area contributed by atoms with Gasteiger partial charge in [-0.15, -0.1) is 0 Å². The van der Waals surface area contributed by atoms with Crippen molar-refractivity contribution in [3.8, 4) is 0 Å². The van der Waals surface area contributed by atoms with E-state index in [1.54, 1.807) is 0 Å². The van der Waals surface area contributed by atoms with Gasteiger partial charge in [0.2, 0.25) is 0 Å². The predicted molar refractivity (Wildman–Crippen MR) is 72.6 cm³/mol. The minimum atomic E-state index is -1.46. The van der Waals surface area contributed by atoms with E-state index in [0.29, 0.717) is 18.9 Å². The Balaban J connectivity index is 3.38. The van der Waals surface area contributed by atoms with Crippen LogP contribution in [0.15, 0.2) is 12.1 Å². The predicted octanol–water partition coefficient (Wildman–Crippen LogP) is 3.42. The number of anilines is 1. The second-order valence-electron chi connectivity index (χ2n) is 4.80. The van der Waals surface area contributed by atoms with Crippen LogP contribution >= 0.6 is 0 Å². The number of aromatic carboxylic acids is 1. The Labute approximate surface area is 115 Å². The van der Waals surface area contributed by atoms with E-state index in [1.165, 1.54) is 0 Å². The third-order valence-electron chi connectivity index (χ3n) is 3.51. The number of nitrogens with zero attached hydrogens (tertiary/aromatic N) is 1. The van der Waals surface area contributed by atoms with Crippen molar-refractivity contribution in [2.75, 3.05) is 5.32 Å². The number of benzene rings is 1. The highest BCUT2D eigenvalue weighted by Gasteiger charge is 2.27. The van der Waals surface area contributed by atoms with Crippen molar-refractivity contribution in [3.63, 3.8) is 0 Å². The summed E-state index contributed by atoms with van der Waals surface area (Å²) in [5.41, 5.74) is -1.48. The fourth-order valence-electron chi connectivity index (χ4n) is 1.73. The summed E-state index contributed by atoms with van der Waals surface area (Å²) in [5, 5.41) is 22.8. The second kappa shape index (κ2) is 5.85. The molecule has 20 heavy (non-hydrogen) atoms. The lowest BCUT2D eigenvalue weighted by molar-refractivity contribution is -0.384. The first-order valence-electron chi connectivity index (χ1n) is 6.23.